The topological polar surface area (TPSA) is 109 Å². The average Bonchev–Trinajstić information content (AvgIpc) is 3.19. The summed E-state index contributed by atoms with van der Waals surface area (Å²) in [6.07, 6.45) is 11.7. The number of carbonyl (C=O) groups is 2. The van der Waals surface area contributed by atoms with E-state index in [-0.39, 0.29) is 41.6 Å². The van der Waals surface area contributed by atoms with E-state index in [1.165, 1.54) is 32.1 Å². The maximum atomic E-state index is 11.4. The number of benzene rings is 4. The van der Waals surface area contributed by atoms with Crippen molar-refractivity contribution in [1.29, 1.82) is 0 Å². The molecule has 0 aliphatic carbocycles. The minimum absolute atomic E-state index is 0. The predicted octanol–water partition coefficient (Wildman–Crippen LogP) is 7.16. The van der Waals surface area contributed by atoms with Crippen molar-refractivity contribution in [2.75, 3.05) is 42.6 Å². The fourth-order valence-corrected chi connectivity index (χ4v) is 5.76. The maximum Gasteiger partial charge on any atom is 1.00 e. The number of aliphatic hydroxyl groups excluding tert-OH is 1. The van der Waals surface area contributed by atoms with Crippen LogP contribution in [0, 0.1) is 0 Å². The van der Waals surface area contributed by atoms with Gasteiger partial charge in [-0.2, -0.15) is 0 Å². The van der Waals surface area contributed by atoms with Gasteiger partial charge >= 0.3 is 29.6 Å². The summed E-state index contributed by atoms with van der Waals surface area (Å²) in [6.45, 7) is 11.7. The fourth-order valence-electron chi connectivity index (χ4n) is 5.76. The van der Waals surface area contributed by atoms with Crippen molar-refractivity contribution in [3.05, 3.63) is 119 Å². The Morgan fingerprint density at radius 1 is 0.537 bits per heavy atom. The molecular weight excluding hydrogens is 687 g/mol. The molecule has 288 valence electrons. The maximum absolute atomic E-state index is 11.4. The van der Waals surface area contributed by atoms with Gasteiger partial charge in [-0.1, -0.05) is 107 Å². The monoisotopic (exact) mass is 748 g/mol. The summed E-state index contributed by atoms with van der Waals surface area (Å²) < 4.78 is 11.9. The molecule has 4 rings (SSSR count). The van der Waals surface area contributed by atoms with Gasteiger partial charge < -0.3 is 29.9 Å². The Labute approximate surface area is 346 Å². The van der Waals surface area contributed by atoms with Crippen molar-refractivity contribution in [2.24, 2.45) is 0 Å². The van der Waals surface area contributed by atoms with Gasteiger partial charge in [-0.05, 0) is 67.5 Å². The van der Waals surface area contributed by atoms with E-state index in [2.05, 4.69) is 30.6 Å². The molecule has 0 unspecified atom stereocenters. The Balaban J connectivity index is 0.000000521. The third-order valence-corrected chi connectivity index (χ3v) is 8.88. The molecule has 54 heavy (non-hydrogen) atoms. The van der Waals surface area contributed by atoms with Gasteiger partial charge in [-0.3, -0.25) is 9.59 Å². The normalized spacial score (nSPS) is 10.1. The third kappa shape index (κ3) is 17.7. The molecule has 0 saturated carbocycles. The first-order valence-electron chi connectivity index (χ1n) is 19.2. The van der Waals surface area contributed by atoms with Crippen LogP contribution < -0.4 is 48.8 Å². The Bertz CT molecular complexity index is 1440. The zero-order valence-corrected chi connectivity index (χ0v) is 35.1. The molecule has 0 amide bonds. The summed E-state index contributed by atoms with van der Waals surface area (Å²) in [5.74, 6) is 1.28. The number of aldehydes is 2. The van der Waals surface area contributed by atoms with Crippen molar-refractivity contribution < 1.29 is 59.2 Å². The second-order valence-corrected chi connectivity index (χ2v) is 13.0. The number of aliphatic hydroxyl groups is 1. The van der Waals surface area contributed by atoms with Gasteiger partial charge in [-0.25, -0.2) is 0 Å². The molecule has 0 aliphatic rings. The second kappa shape index (κ2) is 29.7. The van der Waals surface area contributed by atoms with Crippen LogP contribution in [0.3, 0.4) is 0 Å². The van der Waals surface area contributed by atoms with Gasteiger partial charge in [0.1, 0.15) is 24.7 Å². The second-order valence-electron chi connectivity index (χ2n) is 13.0. The van der Waals surface area contributed by atoms with Crippen LogP contribution in [0.2, 0.25) is 0 Å². The summed E-state index contributed by atoms with van der Waals surface area (Å²) in [4.78, 5) is 27.5. The smallest absolute Gasteiger partial charge is 0.870 e. The van der Waals surface area contributed by atoms with E-state index in [9.17, 15) is 9.59 Å². The number of nitrogens with zero attached hydrogens (tertiary/aromatic N) is 2. The summed E-state index contributed by atoms with van der Waals surface area (Å²) in [5.41, 5.74) is 5.54. The molecule has 2 N–H and O–H groups in total. The molecule has 0 fully saturated rings. The Hall–Kier alpha value is -3.66. The van der Waals surface area contributed by atoms with Crippen LogP contribution in [-0.4, -0.2) is 55.9 Å². The van der Waals surface area contributed by atoms with E-state index >= 15 is 0 Å². The van der Waals surface area contributed by atoms with Crippen molar-refractivity contribution in [1.82, 2.24) is 0 Å². The van der Waals surface area contributed by atoms with E-state index in [0.29, 0.717) is 35.8 Å². The van der Waals surface area contributed by atoms with Crippen molar-refractivity contribution >= 4 is 23.9 Å². The van der Waals surface area contributed by atoms with Crippen LogP contribution in [0.5, 0.6) is 11.5 Å². The van der Waals surface area contributed by atoms with Crippen LogP contribution in [0.15, 0.2) is 97.1 Å². The van der Waals surface area contributed by atoms with Crippen LogP contribution in [0.4, 0.5) is 11.4 Å². The van der Waals surface area contributed by atoms with Gasteiger partial charge in [0, 0.05) is 56.3 Å². The molecule has 0 aliphatic heterocycles. The van der Waals surface area contributed by atoms with E-state index in [0.717, 1.165) is 86.9 Å². The number of rotatable bonds is 24. The summed E-state index contributed by atoms with van der Waals surface area (Å²) in [7, 11) is 0. The number of hydrogen-bond donors (Lipinski definition) is 1. The largest absolute Gasteiger partial charge is 1.00 e. The van der Waals surface area contributed by atoms with Crippen LogP contribution in [0.1, 0.15) is 110 Å². The zero-order chi connectivity index (χ0) is 37.2. The van der Waals surface area contributed by atoms with Gasteiger partial charge in [0.05, 0.1) is 11.1 Å². The van der Waals surface area contributed by atoms with Gasteiger partial charge in [-0.15, -0.1) is 0 Å². The molecule has 0 atom stereocenters. The first-order chi connectivity index (χ1) is 25.6. The Morgan fingerprint density at radius 2 is 0.926 bits per heavy atom. The van der Waals surface area contributed by atoms with E-state index in [1.807, 2.05) is 97.1 Å². The Morgan fingerprint density at radius 3 is 1.30 bits per heavy atom. The minimum Gasteiger partial charge on any atom is -0.870 e. The molecule has 0 spiro atoms. The first-order valence-corrected chi connectivity index (χ1v) is 19.2. The molecule has 4 aromatic rings. The fraction of sp³-hybridized carbons (Fsp3) is 0.422. The zero-order valence-electron chi connectivity index (χ0n) is 33.1. The number of carbonyl (C=O) groups excluding carboxylic acids is 2. The molecule has 0 saturated heterocycles. The Kier molecular flexibility index (Phi) is 26.6. The molecule has 0 aromatic heterocycles. The van der Waals surface area contributed by atoms with E-state index in [4.69, 9.17) is 14.6 Å². The molecule has 4 aromatic carbocycles. The van der Waals surface area contributed by atoms with Crippen molar-refractivity contribution in [3.8, 4) is 11.5 Å². The van der Waals surface area contributed by atoms with Crippen molar-refractivity contribution in [2.45, 2.75) is 91.8 Å². The molecular formula is C45H61N2NaO6. The SMILES string of the molecule is CCCCCN(CCCC)c1ccc(C=O)c(OCc2ccccc2)c1.CCCCN(CCCCO)c1ccc(C=O)c(OCc2ccccc2)c1.[Na+].[OH-]. The van der Waals surface area contributed by atoms with E-state index < -0.39 is 0 Å². The molecule has 8 nitrogen and oxygen atoms in total. The molecule has 0 heterocycles. The van der Waals surface area contributed by atoms with Gasteiger partial charge in [0.2, 0.25) is 0 Å². The standard InChI is InChI=1S/C23H31NO2.C22H29NO3.Na.H2O/c1-3-5-10-16-24(15-6-4-2)22-14-13-21(18-25)23(17-22)26-19-20-11-8-7-9-12-20;1-2-3-13-23(14-7-8-15-24)21-12-11-20(17-25)22(16-21)26-18-19-9-5-4-6-10-19;;/h7-9,11-14,17-18H,3-6,10,15-16,19H2,1-2H3;4-6,9-12,16-17,24H,2-3,7-8,13-15,18H2,1H3;;1H2/q;;+1;/p-1. The summed E-state index contributed by atoms with van der Waals surface area (Å²) >= 11 is 0. The van der Waals surface area contributed by atoms with Gasteiger partial charge in [0.15, 0.2) is 12.6 Å². The van der Waals surface area contributed by atoms with Crippen LogP contribution in [-0.2, 0) is 13.2 Å². The number of ether oxygens (including phenoxy) is 2. The molecule has 9 heteroatoms. The van der Waals surface area contributed by atoms with Crippen LogP contribution in [0.25, 0.3) is 0 Å². The summed E-state index contributed by atoms with van der Waals surface area (Å²) in [5, 5.41) is 9.04. The molecule has 0 radical (unpaired) electrons. The quantitative estimate of drug-likeness (QED) is 0.0457. The number of unbranched alkanes of at least 4 members (excludes halogenated alkanes) is 5. The number of hydrogen-bond acceptors (Lipinski definition) is 8. The van der Waals surface area contributed by atoms with Crippen LogP contribution >= 0.6 is 0 Å². The predicted molar refractivity (Wildman–Crippen MR) is 217 cm³/mol. The van der Waals surface area contributed by atoms with Gasteiger partial charge in [0.25, 0.3) is 0 Å². The summed E-state index contributed by atoms with van der Waals surface area (Å²) in [6, 6.07) is 31.7. The average molecular weight is 749 g/mol. The van der Waals surface area contributed by atoms with Crippen molar-refractivity contribution in [3.63, 3.8) is 0 Å². The number of anilines is 2. The minimum atomic E-state index is 0. The third-order valence-electron chi connectivity index (χ3n) is 8.88. The molecule has 0 bridgehead atoms. The van der Waals surface area contributed by atoms with E-state index in [1.54, 1.807) is 0 Å². The first kappa shape index (κ1) is 48.4.